The number of nitrogens with zero attached hydrogens (tertiary/aromatic N) is 1. The van der Waals surface area contributed by atoms with E-state index in [0.29, 0.717) is 28.8 Å². The highest BCUT2D eigenvalue weighted by molar-refractivity contribution is 5.99. The van der Waals surface area contributed by atoms with Crippen LogP contribution in [-0.2, 0) is 6.54 Å². The van der Waals surface area contributed by atoms with Crippen LogP contribution in [0.4, 0.5) is 0 Å². The number of hydrogen-bond donors (Lipinski definition) is 0. The van der Waals surface area contributed by atoms with Gasteiger partial charge in [0.15, 0.2) is 5.43 Å². The molecule has 2 heterocycles. The van der Waals surface area contributed by atoms with Crippen molar-refractivity contribution in [2.45, 2.75) is 26.4 Å². The molecule has 32 heavy (non-hydrogen) atoms. The summed E-state index contributed by atoms with van der Waals surface area (Å²) in [7, 11) is 1.61. The molecule has 4 aromatic rings. The molecule has 0 saturated heterocycles. The minimum Gasteiger partial charge on any atom is -0.497 e. The molecule has 1 aliphatic rings. The highest BCUT2D eigenvalue weighted by atomic mass is 16.5. The van der Waals surface area contributed by atoms with Crippen LogP contribution < -0.4 is 10.2 Å². The van der Waals surface area contributed by atoms with Crippen LogP contribution in [0.15, 0.2) is 75.9 Å². The fraction of sp³-hybridized carbons (Fsp3) is 0.185. The molecule has 1 unspecified atom stereocenters. The Morgan fingerprint density at radius 2 is 1.69 bits per heavy atom. The van der Waals surface area contributed by atoms with Crippen molar-refractivity contribution in [1.82, 2.24) is 4.90 Å². The summed E-state index contributed by atoms with van der Waals surface area (Å²) in [5.41, 5.74) is 4.36. The van der Waals surface area contributed by atoms with Crippen molar-refractivity contribution < 1.29 is 13.9 Å². The first-order valence-electron chi connectivity index (χ1n) is 10.5. The first-order valence-corrected chi connectivity index (χ1v) is 10.5. The lowest BCUT2D eigenvalue weighted by molar-refractivity contribution is 0.0714. The average Bonchev–Trinajstić information content (AvgIpc) is 3.07. The smallest absolute Gasteiger partial charge is 0.291 e. The monoisotopic (exact) mass is 425 g/mol. The van der Waals surface area contributed by atoms with Crippen molar-refractivity contribution in [2.24, 2.45) is 0 Å². The van der Waals surface area contributed by atoms with Crippen LogP contribution in [-0.4, -0.2) is 17.9 Å². The van der Waals surface area contributed by atoms with Gasteiger partial charge in [0.2, 0.25) is 5.76 Å². The Balaban J connectivity index is 1.74. The fourth-order valence-electron chi connectivity index (χ4n) is 4.55. The van der Waals surface area contributed by atoms with Crippen molar-refractivity contribution in [3.8, 4) is 5.75 Å². The van der Waals surface area contributed by atoms with Gasteiger partial charge in [-0.15, -0.1) is 0 Å². The number of ether oxygens (including phenoxy) is 1. The zero-order valence-corrected chi connectivity index (χ0v) is 18.2. The summed E-state index contributed by atoms with van der Waals surface area (Å²) >= 11 is 0. The second-order valence-electron chi connectivity index (χ2n) is 8.23. The van der Waals surface area contributed by atoms with E-state index in [9.17, 15) is 9.59 Å². The summed E-state index contributed by atoms with van der Waals surface area (Å²) in [5.74, 6) is 0.569. The standard InChI is InChI=1S/C27H23NO4/c1-16-13-17(2)25-21(14-16)24(29)22-23(19-9-11-20(31-3)12-10-19)28(27(30)26(22)32-25)15-18-7-5-4-6-8-18/h4-14,23H,15H2,1-3H3. The number of carbonyl (C=O) groups is 1. The molecular formula is C27H23NO4. The largest absolute Gasteiger partial charge is 0.497 e. The van der Waals surface area contributed by atoms with E-state index in [2.05, 4.69) is 0 Å². The molecule has 0 fully saturated rings. The third-order valence-corrected chi connectivity index (χ3v) is 6.02. The summed E-state index contributed by atoms with van der Waals surface area (Å²) in [5, 5.41) is 0.508. The molecule has 5 heteroatoms. The number of rotatable bonds is 4. The molecule has 0 spiro atoms. The summed E-state index contributed by atoms with van der Waals surface area (Å²) in [6.45, 7) is 4.22. The number of fused-ring (bicyclic) bond motifs is 2. The molecular weight excluding hydrogens is 402 g/mol. The van der Waals surface area contributed by atoms with E-state index >= 15 is 0 Å². The molecule has 0 bridgehead atoms. The molecule has 5 nitrogen and oxygen atoms in total. The molecule has 0 radical (unpaired) electrons. The zero-order chi connectivity index (χ0) is 22.4. The van der Waals surface area contributed by atoms with Crippen LogP contribution >= 0.6 is 0 Å². The van der Waals surface area contributed by atoms with Crippen LogP contribution in [0.5, 0.6) is 5.75 Å². The summed E-state index contributed by atoms with van der Waals surface area (Å²) in [6, 6.07) is 20.5. The predicted molar refractivity (Wildman–Crippen MR) is 123 cm³/mol. The van der Waals surface area contributed by atoms with Gasteiger partial charge in [0, 0.05) is 6.54 Å². The van der Waals surface area contributed by atoms with E-state index in [1.807, 2.05) is 80.6 Å². The number of aryl methyl sites for hydroxylation is 2. The first kappa shape index (κ1) is 20.1. The number of hydrogen-bond acceptors (Lipinski definition) is 4. The number of methoxy groups -OCH3 is 1. The predicted octanol–water partition coefficient (Wildman–Crippen LogP) is 5.16. The topological polar surface area (TPSA) is 59.8 Å². The van der Waals surface area contributed by atoms with Gasteiger partial charge in [-0.1, -0.05) is 48.5 Å². The second kappa shape index (κ2) is 7.68. The molecule has 1 aliphatic heterocycles. The lowest BCUT2D eigenvalue weighted by Crippen LogP contribution is -2.29. The van der Waals surface area contributed by atoms with E-state index in [1.54, 1.807) is 12.0 Å². The van der Waals surface area contributed by atoms with E-state index < -0.39 is 6.04 Å². The van der Waals surface area contributed by atoms with E-state index in [1.165, 1.54) is 0 Å². The van der Waals surface area contributed by atoms with Gasteiger partial charge in [-0.05, 0) is 54.3 Å². The van der Waals surface area contributed by atoms with Crippen LogP contribution in [0.3, 0.4) is 0 Å². The zero-order valence-electron chi connectivity index (χ0n) is 18.2. The summed E-state index contributed by atoms with van der Waals surface area (Å²) in [4.78, 5) is 29.0. The molecule has 3 aromatic carbocycles. The lowest BCUT2D eigenvalue weighted by atomic mass is 9.97. The molecule has 1 aromatic heterocycles. The van der Waals surface area contributed by atoms with Gasteiger partial charge < -0.3 is 14.1 Å². The van der Waals surface area contributed by atoms with Gasteiger partial charge in [-0.25, -0.2) is 0 Å². The van der Waals surface area contributed by atoms with Crippen molar-refractivity contribution >= 4 is 16.9 Å². The normalized spacial score (nSPS) is 15.3. The van der Waals surface area contributed by atoms with E-state index in [4.69, 9.17) is 9.15 Å². The van der Waals surface area contributed by atoms with Crippen molar-refractivity contribution in [1.29, 1.82) is 0 Å². The molecule has 1 amide bonds. The third-order valence-electron chi connectivity index (χ3n) is 6.02. The maximum absolute atomic E-state index is 13.7. The molecule has 5 rings (SSSR count). The summed E-state index contributed by atoms with van der Waals surface area (Å²) < 4.78 is 11.4. The first-order chi connectivity index (χ1) is 15.5. The Labute approximate surface area is 185 Å². The van der Waals surface area contributed by atoms with Gasteiger partial charge in [0.1, 0.15) is 11.3 Å². The van der Waals surface area contributed by atoms with Crippen LogP contribution in [0.1, 0.15) is 44.4 Å². The van der Waals surface area contributed by atoms with Crippen molar-refractivity contribution in [3.05, 3.63) is 111 Å². The van der Waals surface area contributed by atoms with Crippen LogP contribution in [0.25, 0.3) is 11.0 Å². The Morgan fingerprint density at radius 1 is 0.969 bits per heavy atom. The van der Waals surface area contributed by atoms with E-state index in [0.717, 1.165) is 22.3 Å². The van der Waals surface area contributed by atoms with Gasteiger partial charge >= 0.3 is 0 Å². The maximum atomic E-state index is 13.7. The molecule has 0 N–H and O–H groups in total. The quantitative estimate of drug-likeness (QED) is 0.453. The van der Waals surface area contributed by atoms with Gasteiger partial charge in [-0.2, -0.15) is 0 Å². The SMILES string of the molecule is COc1ccc(C2c3c(oc4c(C)cc(C)cc4c3=O)C(=O)N2Cc2ccccc2)cc1. The van der Waals surface area contributed by atoms with Gasteiger partial charge in [0.05, 0.1) is 24.1 Å². The van der Waals surface area contributed by atoms with Crippen LogP contribution in [0.2, 0.25) is 0 Å². The number of benzene rings is 3. The lowest BCUT2D eigenvalue weighted by Gasteiger charge is -2.25. The molecule has 1 atom stereocenters. The Morgan fingerprint density at radius 3 is 2.38 bits per heavy atom. The highest BCUT2D eigenvalue weighted by Gasteiger charge is 2.42. The van der Waals surface area contributed by atoms with Gasteiger partial charge in [0.25, 0.3) is 5.91 Å². The second-order valence-corrected chi connectivity index (χ2v) is 8.23. The van der Waals surface area contributed by atoms with Crippen molar-refractivity contribution in [2.75, 3.05) is 7.11 Å². The van der Waals surface area contributed by atoms with Gasteiger partial charge in [-0.3, -0.25) is 9.59 Å². The van der Waals surface area contributed by atoms with E-state index in [-0.39, 0.29) is 17.1 Å². The average molecular weight is 425 g/mol. The minimum atomic E-state index is -0.537. The maximum Gasteiger partial charge on any atom is 0.291 e. The molecule has 0 saturated carbocycles. The fourth-order valence-corrected chi connectivity index (χ4v) is 4.55. The number of carbonyl (C=O) groups excluding carboxylic acids is 1. The minimum absolute atomic E-state index is 0.131. The molecule has 160 valence electrons. The van der Waals surface area contributed by atoms with Crippen LogP contribution in [0, 0.1) is 13.8 Å². The highest BCUT2D eigenvalue weighted by Crippen LogP contribution is 2.40. The Bertz CT molecular complexity index is 1390. The Kier molecular flexibility index (Phi) is 4.82. The molecule has 0 aliphatic carbocycles. The Hall–Kier alpha value is -3.86. The third kappa shape index (κ3) is 3.17. The number of amides is 1. The summed E-state index contributed by atoms with van der Waals surface area (Å²) in [6.07, 6.45) is 0. The van der Waals surface area contributed by atoms with Crippen molar-refractivity contribution in [3.63, 3.8) is 0 Å².